The number of nitrogens with zero attached hydrogens (tertiary/aromatic N) is 4. The molecule has 3 N–H and O–H groups in total. The van der Waals surface area contributed by atoms with Gasteiger partial charge in [-0.2, -0.15) is 0 Å². The number of amides is 1. The van der Waals surface area contributed by atoms with Crippen LogP contribution in [0.5, 0.6) is 0 Å². The van der Waals surface area contributed by atoms with E-state index in [1.54, 1.807) is 12.4 Å². The fourth-order valence-electron chi connectivity index (χ4n) is 6.63. The summed E-state index contributed by atoms with van der Waals surface area (Å²) in [4.78, 5) is 36.5. The smallest absolute Gasteiger partial charge is 0.303 e. The number of carboxylic acids is 1. The van der Waals surface area contributed by atoms with Gasteiger partial charge in [0.1, 0.15) is 0 Å². The van der Waals surface area contributed by atoms with Crippen molar-refractivity contribution in [3.63, 3.8) is 0 Å². The molecule has 2 saturated heterocycles. The summed E-state index contributed by atoms with van der Waals surface area (Å²) in [6.45, 7) is 4.72. The second kappa shape index (κ2) is 18.0. The number of carboxylic acid groups (broad SMARTS) is 1. The number of ether oxygens (including phenoxy) is 2. The lowest BCUT2D eigenvalue weighted by molar-refractivity contribution is -0.253. The summed E-state index contributed by atoms with van der Waals surface area (Å²) in [5.41, 5.74) is 5.98. The van der Waals surface area contributed by atoms with Crippen LogP contribution in [0.3, 0.4) is 0 Å². The third kappa shape index (κ3) is 10.4. The van der Waals surface area contributed by atoms with Crippen molar-refractivity contribution < 1.29 is 29.3 Å². The van der Waals surface area contributed by atoms with E-state index in [0.717, 1.165) is 84.9 Å². The topological polar surface area (TPSA) is 137 Å². The molecule has 268 valence electrons. The number of unbranched alkanes of at least 4 members (excludes halogenated alkanes) is 2. The van der Waals surface area contributed by atoms with E-state index in [1.807, 2.05) is 42.5 Å². The third-order valence-electron chi connectivity index (χ3n) is 9.51. The molecule has 3 heterocycles. The minimum Gasteiger partial charge on any atom is -0.481 e. The maximum Gasteiger partial charge on any atom is 0.303 e. The van der Waals surface area contributed by atoms with Crippen LogP contribution in [0.25, 0.3) is 11.1 Å². The molecule has 0 bridgehead atoms. The number of carbonyl (C=O) groups is 2. The third-order valence-corrected chi connectivity index (χ3v) is 9.51. The van der Waals surface area contributed by atoms with E-state index >= 15 is 0 Å². The molecule has 4 aromatic rings. The first-order chi connectivity index (χ1) is 24.9. The average molecular weight is 694 g/mol. The minimum absolute atomic E-state index is 0.00162. The van der Waals surface area contributed by atoms with Gasteiger partial charge in [0, 0.05) is 76.5 Å². The van der Waals surface area contributed by atoms with E-state index in [1.165, 1.54) is 0 Å². The second-order valence-electron chi connectivity index (χ2n) is 13.2. The molecule has 3 atom stereocenters. The number of benzene rings is 3. The van der Waals surface area contributed by atoms with Crippen molar-refractivity contribution in [2.75, 3.05) is 37.6 Å². The van der Waals surface area contributed by atoms with Gasteiger partial charge in [0.2, 0.25) is 11.9 Å². The largest absolute Gasteiger partial charge is 0.481 e. The molecule has 2 aliphatic heterocycles. The van der Waals surface area contributed by atoms with Crippen molar-refractivity contribution >= 4 is 17.8 Å². The monoisotopic (exact) mass is 693 g/mol. The Morgan fingerprint density at radius 1 is 0.784 bits per heavy atom. The number of hydrogen-bond donors (Lipinski definition) is 3. The Hall–Kier alpha value is -4.68. The SMILES string of the molecule is O=C(O)CCCCCC(=O)NCc1cccc(-c2ccc(C3OC(CN4CCN(c5ncccn5)CC4)CC(c4ccc(CO)cc4)O3)cc2)c1. The standard InChI is InChI=1S/C40H47N5O6/c46-28-29-10-12-32(13-11-29)36-25-35(27-44-20-22-45(23-21-44)40-41-18-5-19-42-40)50-39(51-36)33-16-14-31(15-17-33)34-7-4-6-30(24-34)26-43-37(47)8-2-1-3-9-38(48)49/h4-7,10-19,24,35-36,39,46H,1-3,8-9,20-23,25-28H2,(H,43,47)(H,48,49). The van der Waals surface area contributed by atoms with Gasteiger partial charge in [-0.1, -0.05) is 73.2 Å². The first kappa shape index (κ1) is 36.1. The zero-order valence-electron chi connectivity index (χ0n) is 28.9. The van der Waals surface area contributed by atoms with E-state index in [4.69, 9.17) is 14.6 Å². The summed E-state index contributed by atoms with van der Waals surface area (Å²) in [5, 5.41) is 21.3. The number of aliphatic hydroxyl groups excluding tert-OH is 1. The molecule has 3 unspecified atom stereocenters. The molecule has 1 aromatic heterocycles. The van der Waals surface area contributed by atoms with Crippen molar-refractivity contribution in [1.82, 2.24) is 20.2 Å². The zero-order valence-corrected chi connectivity index (χ0v) is 28.9. The van der Waals surface area contributed by atoms with Gasteiger partial charge in [0.15, 0.2) is 6.29 Å². The number of aliphatic hydroxyl groups is 1. The lowest BCUT2D eigenvalue weighted by Crippen LogP contribution is -2.50. The Morgan fingerprint density at radius 2 is 1.51 bits per heavy atom. The highest BCUT2D eigenvalue weighted by atomic mass is 16.7. The number of anilines is 1. The van der Waals surface area contributed by atoms with Crippen LogP contribution in [0, 0.1) is 0 Å². The molecule has 3 aromatic carbocycles. The van der Waals surface area contributed by atoms with E-state index in [2.05, 4.69) is 61.5 Å². The maximum atomic E-state index is 12.3. The van der Waals surface area contributed by atoms with Gasteiger partial charge >= 0.3 is 5.97 Å². The van der Waals surface area contributed by atoms with Crippen LogP contribution in [0.2, 0.25) is 0 Å². The Kier molecular flexibility index (Phi) is 12.8. The Morgan fingerprint density at radius 3 is 2.24 bits per heavy atom. The number of aliphatic carboxylic acids is 1. The lowest BCUT2D eigenvalue weighted by atomic mass is 9.98. The normalized spacial score (nSPS) is 19.5. The molecule has 6 rings (SSSR count). The lowest BCUT2D eigenvalue weighted by Gasteiger charge is -2.40. The molecule has 51 heavy (non-hydrogen) atoms. The Balaban J connectivity index is 1.08. The molecule has 0 saturated carbocycles. The maximum absolute atomic E-state index is 12.3. The first-order valence-corrected chi connectivity index (χ1v) is 17.9. The van der Waals surface area contributed by atoms with Gasteiger partial charge in [0.05, 0.1) is 18.8 Å². The summed E-state index contributed by atoms with van der Waals surface area (Å²) in [7, 11) is 0. The number of rotatable bonds is 15. The fraction of sp³-hybridized carbons (Fsp3) is 0.400. The Labute approximate surface area is 299 Å². The Bertz CT molecular complexity index is 1700. The fourth-order valence-corrected chi connectivity index (χ4v) is 6.63. The molecular formula is C40H47N5O6. The molecule has 0 aliphatic carbocycles. The van der Waals surface area contributed by atoms with E-state index in [9.17, 15) is 14.7 Å². The van der Waals surface area contributed by atoms with E-state index < -0.39 is 12.3 Å². The number of hydrogen-bond acceptors (Lipinski definition) is 9. The van der Waals surface area contributed by atoms with Crippen LogP contribution >= 0.6 is 0 Å². The minimum atomic E-state index is -0.801. The molecule has 1 amide bonds. The quantitative estimate of drug-likeness (QED) is 0.134. The van der Waals surface area contributed by atoms with E-state index in [-0.39, 0.29) is 31.1 Å². The van der Waals surface area contributed by atoms with Crippen LogP contribution in [-0.4, -0.2) is 75.8 Å². The van der Waals surface area contributed by atoms with Gasteiger partial charge < -0.3 is 29.9 Å². The number of aromatic nitrogens is 2. The second-order valence-corrected chi connectivity index (χ2v) is 13.2. The summed E-state index contributed by atoms with van der Waals surface area (Å²) in [5.74, 6) is -0.0613. The summed E-state index contributed by atoms with van der Waals surface area (Å²) < 4.78 is 13.2. The van der Waals surface area contributed by atoms with E-state index in [0.29, 0.717) is 25.8 Å². The molecule has 11 heteroatoms. The summed E-state index contributed by atoms with van der Waals surface area (Å²) in [6.07, 6.45) is 6.08. The van der Waals surface area contributed by atoms with Gasteiger partial charge in [-0.15, -0.1) is 0 Å². The summed E-state index contributed by atoms with van der Waals surface area (Å²) in [6, 6.07) is 26.2. The van der Waals surface area contributed by atoms with Crippen LogP contribution in [-0.2, 0) is 32.2 Å². The predicted molar refractivity (Wildman–Crippen MR) is 194 cm³/mol. The van der Waals surface area contributed by atoms with Crippen LogP contribution in [0.1, 0.15) is 73.2 Å². The molecular weight excluding hydrogens is 646 g/mol. The zero-order chi connectivity index (χ0) is 35.4. The highest BCUT2D eigenvalue weighted by molar-refractivity contribution is 5.76. The van der Waals surface area contributed by atoms with Crippen LogP contribution < -0.4 is 10.2 Å². The number of piperazine rings is 1. The highest BCUT2D eigenvalue weighted by Crippen LogP contribution is 2.39. The molecule has 0 spiro atoms. The molecule has 2 aliphatic rings. The van der Waals surface area contributed by atoms with Gasteiger partial charge in [-0.3, -0.25) is 14.5 Å². The van der Waals surface area contributed by atoms with Gasteiger partial charge in [-0.05, 0) is 52.8 Å². The van der Waals surface area contributed by atoms with Crippen LogP contribution in [0.15, 0.2) is 91.3 Å². The first-order valence-electron chi connectivity index (χ1n) is 17.9. The summed E-state index contributed by atoms with van der Waals surface area (Å²) >= 11 is 0. The molecule has 2 fully saturated rings. The number of nitrogens with one attached hydrogen (secondary N) is 1. The molecule has 11 nitrogen and oxygen atoms in total. The number of carbonyl (C=O) groups excluding carboxylic acids is 1. The van der Waals surface area contributed by atoms with Gasteiger partial charge in [0.25, 0.3) is 0 Å². The van der Waals surface area contributed by atoms with Crippen molar-refractivity contribution in [1.29, 1.82) is 0 Å². The average Bonchev–Trinajstić information content (AvgIpc) is 3.17. The highest BCUT2D eigenvalue weighted by Gasteiger charge is 2.34. The van der Waals surface area contributed by atoms with Crippen LogP contribution in [0.4, 0.5) is 5.95 Å². The van der Waals surface area contributed by atoms with Gasteiger partial charge in [-0.25, -0.2) is 9.97 Å². The molecule has 0 radical (unpaired) electrons. The van der Waals surface area contributed by atoms with Crippen molar-refractivity contribution in [2.24, 2.45) is 0 Å². The van der Waals surface area contributed by atoms with Crippen molar-refractivity contribution in [3.8, 4) is 11.1 Å². The predicted octanol–water partition coefficient (Wildman–Crippen LogP) is 5.65. The van der Waals surface area contributed by atoms with Crippen molar-refractivity contribution in [2.45, 2.75) is 70.2 Å². The van der Waals surface area contributed by atoms with Crippen molar-refractivity contribution in [3.05, 3.63) is 114 Å².